The zero-order valence-electron chi connectivity index (χ0n) is 11.4. The fraction of sp³-hybridized carbons (Fsp3) is 0.455. The number of H-pyrrole nitrogens is 1. The first-order chi connectivity index (χ1) is 9.56. The van der Waals surface area contributed by atoms with Crippen LogP contribution in [-0.4, -0.2) is 31.6 Å². The Bertz CT molecular complexity index is 675. The van der Waals surface area contributed by atoms with Gasteiger partial charge in [0.05, 0.1) is 6.33 Å². The predicted molar refractivity (Wildman–Crippen MR) is 66.5 cm³/mol. The third-order valence-corrected chi connectivity index (χ3v) is 2.16. The number of aromatic amines is 1. The zero-order valence-corrected chi connectivity index (χ0v) is 11.4. The van der Waals surface area contributed by atoms with Gasteiger partial charge in [0.25, 0.3) is 0 Å². The van der Waals surface area contributed by atoms with E-state index in [0.29, 0.717) is 0 Å². The molecule has 1 amide bonds. The monoisotopic (exact) mass is 303 g/mol. The summed E-state index contributed by atoms with van der Waals surface area (Å²) in [5.41, 5.74) is -0.922. The van der Waals surface area contributed by atoms with Gasteiger partial charge >= 0.3 is 12.3 Å². The summed E-state index contributed by atoms with van der Waals surface area (Å²) in [4.78, 5) is 24.4. The maximum Gasteiger partial charge on any atom is 0.451 e. The lowest BCUT2D eigenvalue weighted by molar-refractivity contribution is -0.144. The van der Waals surface area contributed by atoms with Gasteiger partial charge in [-0.3, -0.25) is 5.32 Å². The fourth-order valence-corrected chi connectivity index (χ4v) is 1.45. The van der Waals surface area contributed by atoms with E-state index in [2.05, 4.69) is 25.3 Å². The van der Waals surface area contributed by atoms with Crippen LogP contribution in [0.1, 0.15) is 26.6 Å². The molecule has 10 heteroatoms. The Hall–Kier alpha value is -2.39. The minimum Gasteiger partial charge on any atom is -0.444 e. The van der Waals surface area contributed by atoms with Crippen LogP contribution in [0.5, 0.6) is 0 Å². The Kier molecular flexibility index (Phi) is 3.47. The van der Waals surface area contributed by atoms with E-state index in [-0.39, 0.29) is 17.0 Å². The summed E-state index contributed by atoms with van der Waals surface area (Å²) in [6, 6.07) is 0. The van der Waals surface area contributed by atoms with Gasteiger partial charge in [0.2, 0.25) is 5.82 Å². The van der Waals surface area contributed by atoms with Gasteiger partial charge in [-0.2, -0.15) is 13.2 Å². The zero-order chi connectivity index (χ0) is 15.8. The van der Waals surface area contributed by atoms with Crippen LogP contribution >= 0.6 is 0 Å². The van der Waals surface area contributed by atoms with Gasteiger partial charge < -0.3 is 9.72 Å². The summed E-state index contributed by atoms with van der Waals surface area (Å²) in [6.45, 7) is 4.87. The molecule has 0 unspecified atom stereocenters. The number of hydrogen-bond donors (Lipinski definition) is 2. The molecule has 0 fully saturated rings. The summed E-state index contributed by atoms with van der Waals surface area (Å²) in [5.74, 6) is -1.74. The predicted octanol–water partition coefficient (Wildman–Crippen LogP) is 2.72. The summed E-state index contributed by atoms with van der Waals surface area (Å²) in [5, 5.41) is 2.16. The van der Waals surface area contributed by atoms with E-state index in [1.165, 1.54) is 0 Å². The number of aromatic nitrogens is 4. The maximum absolute atomic E-state index is 12.7. The van der Waals surface area contributed by atoms with Gasteiger partial charge in [-0.1, -0.05) is 0 Å². The number of nitrogens with zero attached hydrogens (tertiary/aromatic N) is 3. The highest BCUT2D eigenvalue weighted by molar-refractivity contribution is 5.93. The number of imidazole rings is 1. The fourth-order valence-electron chi connectivity index (χ4n) is 1.45. The average molecular weight is 303 g/mol. The molecule has 114 valence electrons. The molecule has 0 aliphatic carbocycles. The SMILES string of the molecule is CC(C)(C)OC(=O)Nc1nc(C(F)(F)F)nc2nc[nH]c12. The lowest BCUT2D eigenvalue weighted by atomic mass is 10.2. The number of amides is 1. The van der Waals surface area contributed by atoms with Crippen LogP contribution < -0.4 is 5.32 Å². The number of fused-ring (bicyclic) bond motifs is 1. The molecule has 2 aromatic heterocycles. The number of anilines is 1. The van der Waals surface area contributed by atoms with Gasteiger partial charge in [0.1, 0.15) is 11.1 Å². The third-order valence-electron chi connectivity index (χ3n) is 2.16. The van der Waals surface area contributed by atoms with Crippen molar-refractivity contribution >= 4 is 23.1 Å². The van der Waals surface area contributed by atoms with Gasteiger partial charge in [-0.05, 0) is 20.8 Å². The quantitative estimate of drug-likeness (QED) is 0.845. The normalized spacial score (nSPS) is 12.5. The van der Waals surface area contributed by atoms with Gasteiger partial charge in [0.15, 0.2) is 11.5 Å². The highest BCUT2D eigenvalue weighted by Crippen LogP contribution is 2.29. The van der Waals surface area contributed by atoms with Gasteiger partial charge in [0, 0.05) is 0 Å². The third kappa shape index (κ3) is 3.58. The van der Waals surface area contributed by atoms with Crippen molar-refractivity contribution in [3.63, 3.8) is 0 Å². The van der Waals surface area contributed by atoms with E-state index in [0.717, 1.165) is 6.33 Å². The van der Waals surface area contributed by atoms with E-state index in [1.807, 2.05) is 0 Å². The van der Waals surface area contributed by atoms with Crippen LogP contribution in [-0.2, 0) is 10.9 Å². The second-order valence-corrected chi connectivity index (χ2v) is 5.12. The van der Waals surface area contributed by atoms with Crippen LogP contribution in [0.4, 0.5) is 23.8 Å². The molecular weight excluding hydrogens is 291 g/mol. The van der Waals surface area contributed by atoms with Crippen molar-refractivity contribution in [1.29, 1.82) is 0 Å². The number of halogens is 3. The molecule has 0 radical (unpaired) electrons. The number of carbonyl (C=O) groups is 1. The minimum absolute atomic E-state index is 0.0776. The topological polar surface area (TPSA) is 92.8 Å². The van der Waals surface area contributed by atoms with E-state index >= 15 is 0 Å². The highest BCUT2D eigenvalue weighted by atomic mass is 19.4. The molecule has 7 nitrogen and oxygen atoms in total. The molecule has 2 aromatic rings. The molecule has 0 spiro atoms. The molecule has 0 aromatic carbocycles. The lowest BCUT2D eigenvalue weighted by Crippen LogP contribution is -2.28. The summed E-state index contributed by atoms with van der Waals surface area (Å²) < 4.78 is 43.1. The van der Waals surface area contributed by atoms with Crippen LogP contribution in [0.25, 0.3) is 11.2 Å². The molecule has 0 saturated carbocycles. The van der Waals surface area contributed by atoms with Crippen molar-refractivity contribution in [1.82, 2.24) is 19.9 Å². The maximum atomic E-state index is 12.7. The van der Waals surface area contributed by atoms with Crippen molar-refractivity contribution in [2.24, 2.45) is 0 Å². The van der Waals surface area contributed by atoms with Crippen molar-refractivity contribution in [3.05, 3.63) is 12.2 Å². The van der Waals surface area contributed by atoms with Crippen LogP contribution in [0.3, 0.4) is 0 Å². The highest BCUT2D eigenvalue weighted by Gasteiger charge is 2.36. The van der Waals surface area contributed by atoms with E-state index in [9.17, 15) is 18.0 Å². The average Bonchev–Trinajstić information content (AvgIpc) is 2.72. The molecule has 2 rings (SSSR count). The second-order valence-electron chi connectivity index (χ2n) is 5.12. The number of alkyl halides is 3. The molecule has 0 aliphatic rings. The summed E-state index contributed by atoms with van der Waals surface area (Å²) >= 11 is 0. The Balaban J connectivity index is 2.38. The standard InChI is InChI=1S/C11H12F3N5O2/c1-10(2,3)21-9(20)19-7-5-6(16-4-15-5)17-8(18-7)11(12,13)14/h4H,1-3H3,(H2,15,16,17,18,19,20). The lowest BCUT2D eigenvalue weighted by Gasteiger charge is -2.19. The number of carbonyl (C=O) groups excluding carboxylic acids is 1. The van der Waals surface area contributed by atoms with Crippen molar-refractivity contribution in [2.45, 2.75) is 32.5 Å². The number of hydrogen-bond acceptors (Lipinski definition) is 5. The molecular formula is C11H12F3N5O2. The molecule has 0 saturated heterocycles. The second kappa shape index (κ2) is 4.86. The van der Waals surface area contributed by atoms with Gasteiger partial charge in [-0.25, -0.2) is 19.7 Å². The largest absolute Gasteiger partial charge is 0.451 e. The number of rotatable bonds is 1. The first-order valence-corrected chi connectivity index (χ1v) is 5.84. The van der Waals surface area contributed by atoms with Crippen molar-refractivity contribution < 1.29 is 22.7 Å². The van der Waals surface area contributed by atoms with Crippen molar-refractivity contribution in [3.8, 4) is 0 Å². The molecule has 0 atom stereocenters. The molecule has 2 heterocycles. The van der Waals surface area contributed by atoms with E-state index in [4.69, 9.17) is 4.74 Å². The van der Waals surface area contributed by atoms with Crippen LogP contribution in [0.15, 0.2) is 6.33 Å². The Morgan fingerprint density at radius 3 is 2.52 bits per heavy atom. The van der Waals surface area contributed by atoms with E-state index < -0.39 is 23.7 Å². The molecule has 2 N–H and O–H groups in total. The Labute approximate surface area is 116 Å². The Morgan fingerprint density at radius 2 is 1.95 bits per heavy atom. The van der Waals surface area contributed by atoms with E-state index in [1.54, 1.807) is 20.8 Å². The minimum atomic E-state index is -4.75. The smallest absolute Gasteiger partial charge is 0.444 e. The first-order valence-electron chi connectivity index (χ1n) is 5.84. The molecule has 21 heavy (non-hydrogen) atoms. The summed E-state index contributed by atoms with van der Waals surface area (Å²) in [6.07, 6.45) is -4.53. The molecule has 0 bridgehead atoms. The summed E-state index contributed by atoms with van der Waals surface area (Å²) in [7, 11) is 0. The first kappa shape index (κ1) is 15.0. The Morgan fingerprint density at radius 1 is 1.29 bits per heavy atom. The van der Waals surface area contributed by atoms with Crippen molar-refractivity contribution in [2.75, 3.05) is 5.32 Å². The number of ether oxygens (including phenoxy) is 1. The number of nitrogens with one attached hydrogen (secondary N) is 2. The van der Waals surface area contributed by atoms with Crippen LogP contribution in [0.2, 0.25) is 0 Å². The van der Waals surface area contributed by atoms with Gasteiger partial charge in [-0.15, -0.1) is 0 Å². The molecule has 0 aliphatic heterocycles. The van der Waals surface area contributed by atoms with Crippen LogP contribution in [0, 0.1) is 0 Å².